The molecule has 0 bridgehead atoms. The Balaban J connectivity index is -0.00000000333. The molecule has 0 aromatic carbocycles. The molecule has 0 aliphatic heterocycles. The van der Waals surface area contributed by atoms with Crippen molar-refractivity contribution in [3.63, 3.8) is 0 Å². The van der Waals surface area contributed by atoms with Crippen molar-refractivity contribution < 1.29 is 22.6 Å². The average Bonchev–Trinajstić information content (AvgIpc) is 0.918. The van der Waals surface area contributed by atoms with Crippen LogP contribution < -0.4 is 0 Å². The summed E-state index contributed by atoms with van der Waals surface area (Å²) in [7, 11) is 0. The molecule has 0 heterocycles. The Bertz CT molecular complexity index is 29.1. The molecule has 0 aliphatic carbocycles. The fraction of sp³-hybridized carbons (Fsp3) is 0. The molecular formula is H6NaO5Sn. The molecule has 1 radical (unpaired) electrons. The quantitative estimate of drug-likeness (QED) is 0.398. The molecule has 0 saturated carbocycles. The predicted molar refractivity (Wildman–Crippen MR) is 23.7 cm³/mol. The number of hydrogen-bond acceptors (Lipinski definition) is 2. The van der Waals surface area contributed by atoms with Crippen LogP contribution in [0, 0.1) is 0 Å². The fourth-order valence-corrected chi connectivity index (χ4v) is 0. The van der Waals surface area contributed by atoms with E-state index in [0.717, 1.165) is 0 Å². The first-order valence-corrected chi connectivity index (χ1v) is 2.74. The molecule has 0 aromatic heterocycles. The first kappa shape index (κ1) is 40.8. The van der Waals surface area contributed by atoms with Crippen molar-refractivity contribution in [2.45, 2.75) is 0 Å². The zero-order chi connectivity index (χ0) is 2.71. The van der Waals surface area contributed by atoms with Gasteiger partial charge in [-0.05, 0) is 0 Å². The van der Waals surface area contributed by atoms with Gasteiger partial charge < -0.3 is 16.4 Å². The van der Waals surface area contributed by atoms with Gasteiger partial charge in [0, 0.05) is 29.6 Å². The Kier molecular flexibility index (Phi) is 322. The maximum absolute atomic E-state index is 8.54. The first-order valence-electron chi connectivity index (χ1n) is 0.408. The monoisotopic (exact) mass is 229 g/mol. The second kappa shape index (κ2) is 55.3. The van der Waals surface area contributed by atoms with Gasteiger partial charge in [-0.2, -0.15) is 0 Å². The van der Waals surface area contributed by atoms with Crippen molar-refractivity contribution in [3.8, 4) is 0 Å². The second-order valence-corrected chi connectivity index (χ2v) is 0.559. The van der Waals surface area contributed by atoms with Gasteiger partial charge in [0.15, 0.2) is 0 Å². The van der Waals surface area contributed by atoms with Crippen LogP contribution in [-0.2, 0) is 6.15 Å². The van der Waals surface area contributed by atoms with Gasteiger partial charge >= 0.3 is 27.3 Å². The van der Waals surface area contributed by atoms with E-state index < -0.39 is 21.1 Å². The average molecular weight is 228 g/mol. The summed E-state index contributed by atoms with van der Waals surface area (Å²) in [5, 5.41) is 0. The van der Waals surface area contributed by atoms with Gasteiger partial charge in [0.1, 0.15) is 0 Å². The molecule has 41 valence electrons. The Morgan fingerprint density at radius 2 is 0.857 bits per heavy atom. The van der Waals surface area contributed by atoms with Crippen molar-refractivity contribution >= 4 is 50.7 Å². The van der Waals surface area contributed by atoms with E-state index in [1.54, 1.807) is 0 Å². The minimum absolute atomic E-state index is 0. The van der Waals surface area contributed by atoms with Gasteiger partial charge in [0.05, 0.1) is 0 Å². The van der Waals surface area contributed by atoms with Gasteiger partial charge in [0.2, 0.25) is 0 Å². The summed E-state index contributed by atoms with van der Waals surface area (Å²) in [6.07, 6.45) is 0. The van der Waals surface area contributed by atoms with Crippen molar-refractivity contribution in [2.75, 3.05) is 0 Å². The molecule has 0 unspecified atom stereocenters. The van der Waals surface area contributed by atoms with E-state index in [1.165, 1.54) is 0 Å². The Morgan fingerprint density at radius 1 is 0.857 bits per heavy atom. The number of hydrogen-bond donors (Lipinski definition) is 0. The summed E-state index contributed by atoms with van der Waals surface area (Å²) >= 11 is -2.27. The van der Waals surface area contributed by atoms with Gasteiger partial charge in [-0.1, -0.05) is 0 Å². The van der Waals surface area contributed by atoms with Crippen LogP contribution in [-0.4, -0.2) is 67.1 Å². The third-order valence-electron chi connectivity index (χ3n) is 0. The first-order chi connectivity index (χ1) is 1.41. The van der Waals surface area contributed by atoms with Crippen LogP contribution in [0.25, 0.3) is 0 Å². The summed E-state index contributed by atoms with van der Waals surface area (Å²) in [5.41, 5.74) is 0. The van der Waals surface area contributed by atoms with E-state index in [0.29, 0.717) is 0 Å². The topological polar surface area (TPSA) is 129 Å². The predicted octanol–water partition coefficient (Wildman–Crippen LogP) is -3.47. The minimum atomic E-state index is -2.27. The number of rotatable bonds is 0. The standard InChI is InChI=1S/Na.3H2O.2O.Sn/h;3*1H2;;;. The molecule has 0 amide bonds. The van der Waals surface area contributed by atoms with Gasteiger partial charge in [-0.25, -0.2) is 0 Å². The molecular weight excluding hydrogens is 222 g/mol. The van der Waals surface area contributed by atoms with Crippen LogP contribution in [0.4, 0.5) is 0 Å². The Morgan fingerprint density at radius 3 is 0.857 bits per heavy atom. The van der Waals surface area contributed by atoms with E-state index in [9.17, 15) is 0 Å². The summed E-state index contributed by atoms with van der Waals surface area (Å²) in [4.78, 5) is 0. The summed E-state index contributed by atoms with van der Waals surface area (Å²) in [6.45, 7) is 0. The van der Waals surface area contributed by atoms with Crippen molar-refractivity contribution in [2.24, 2.45) is 0 Å². The second-order valence-electron chi connectivity index (χ2n) is 0.0833. The van der Waals surface area contributed by atoms with E-state index in [1.807, 2.05) is 0 Å². The summed E-state index contributed by atoms with van der Waals surface area (Å²) < 4.78 is 17.1. The zero-order valence-corrected chi connectivity index (χ0v) is 8.67. The molecule has 7 heteroatoms. The fourth-order valence-electron chi connectivity index (χ4n) is 0. The summed E-state index contributed by atoms with van der Waals surface area (Å²) in [5.74, 6) is 0. The van der Waals surface area contributed by atoms with Crippen LogP contribution in [0.2, 0.25) is 0 Å². The normalized spacial score (nSPS) is 1.14. The van der Waals surface area contributed by atoms with E-state index >= 15 is 0 Å². The van der Waals surface area contributed by atoms with Crippen molar-refractivity contribution in [3.05, 3.63) is 0 Å². The molecule has 5 nitrogen and oxygen atoms in total. The van der Waals surface area contributed by atoms with Crippen LogP contribution >= 0.6 is 0 Å². The van der Waals surface area contributed by atoms with Crippen LogP contribution in [0.15, 0.2) is 0 Å². The molecule has 7 heavy (non-hydrogen) atoms. The van der Waals surface area contributed by atoms with E-state index in [4.69, 9.17) is 6.15 Å². The van der Waals surface area contributed by atoms with E-state index in [-0.39, 0.29) is 46.0 Å². The molecule has 0 saturated heterocycles. The Labute approximate surface area is 72.7 Å². The molecule has 0 spiro atoms. The van der Waals surface area contributed by atoms with Crippen LogP contribution in [0.5, 0.6) is 0 Å². The molecule has 0 atom stereocenters. The van der Waals surface area contributed by atoms with Crippen molar-refractivity contribution in [1.82, 2.24) is 0 Å². The van der Waals surface area contributed by atoms with Gasteiger partial charge in [-0.3, -0.25) is 0 Å². The maximum atomic E-state index is 8.54. The van der Waals surface area contributed by atoms with Gasteiger partial charge in [0.25, 0.3) is 0 Å². The summed E-state index contributed by atoms with van der Waals surface area (Å²) in [6, 6.07) is 0. The molecule has 0 rings (SSSR count). The molecule has 0 fully saturated rings. The van der Waals surface area contributed by atoms with Crippen LogP contribution in [0.1, 0.15) is 0 Å². The van der Waals surface area contributed by atoms with Crippen LogP contribution in [0.3, 0.4) is 0 Å². The third-order valence-corrected chi connectivity index (χ3v) is 0. The molecule has 0 aromatic rings. The SMILES string of the molecule is O.O.O.[Na].[O]=[Sn]=[O]. The molecule has 6 N–H and O–H groups in total. The van der Waals surface area contributed by atoms with E-state index in [2.05, 4.69) is 0 Å². The third kappa shape index (κ3) is 124. The zero-order valence-electron chi connectivity index (χ0n) is 3.82. The van der Waals surface area contributed by atoms with Crippen molar-refractivity contribution in [1.29, 1.82) is 0 Å². The molecule has 0 aliphatic rings. The van der Waals surface area contributed by atoms with Gasteiger partial charge in [-0.15, -0.1) is 0 Å². The Hall–Kier alpha value is 1.28.